The molecule has 3 aromatic carbocycles. The molecule has 38 heavy (non-hydrogen) atoms. The Morgan fingerprint density at radius 2 is 1.87 bits per heavy atom. The van der Waals surface area contributed by atoms with Crippen molar-refractivity contribution in [2.75, 3.05) is 33.2 Å². The molecule has 2 aliphatic rings. The van der Waals surface area contributed by atoms with Gasteiger partial charge in [0.05, 0.1) is 5.52 Å². The van der Waals surface area contributed by atoms with Crippen LogP contribution in [0.15, 0.2) is 66.7 Å². The first-order valence-corrected chi connectivity index (χ1v) is 13.0. The van der Waals surface area contributed by atoms with E-state index in [4.69, 9.17) is 0 Å². The van der Waals surface area contributed by atoms with E-state index in [-0.39, 0.29) is 17.2 Å². The third-order valence-corrected chi connectivity index (χ3v) is 7.62. The Morgan fingerprint density at radius 1 is 1.00 bits per heavy atom. The summed E-state index contributed by atoms with van der Waals surface area (Å²) in [6, 6.07) is 21.0. The van der Waals surface area contributed by atoms with Crippen molar-refractivity contribution in [1.29, 1.82) is 0 Å². The van der Waals surface area contributed by atoms with Crippen LogP contribution in [0.2, 0.25) is 0 Å². The van der Waals surface area contributed by atoms with Gasteiger partial charge in [-0.15, -0.1) is 0 Å². The maximum absolute atomic E-state index is 13.2. The molecule has 2 amide bonds. The third-order valence-electron chi connectivity index (χ3n) is 7.62. The lowest BCUT2D eigenvalue weighted by Gasteiger charge is -2.52. The zero-order valence-electron chi connectivity index (χ0n) is 21.3. The third kappa shape index (κ3) is 4.44. The SMILES string of the molecule is CNC(=O)c1cccc(-c2ccccc2C#Cc2n[nH]c3ccc(C(=O)N4CC5(CCCNC5)C4)cc23)c1. The molecule has 0 bridgehead atoms. The molecule has 0 radical (unpaired) electrons. The lowest BCUT2D eigenvalue weighted by Crippen LogP contribution is -2.63. The van der Waals surface area contributed by atoms with Crippen molar-refractivity contribution in [3.8, 4) is 23.0 Å². The lowest BCUT2D eigenvalue weighted by atomic mass is 9.74. The van der Waals surface area contributed by atoms with Gasteiger partial charge in [0.15, 0.2) is 0 Å². The first kappa shape index (κ1) is 24.0. The minimum absolute atomic E-state index is 0.0598. The van der Waals surface area contributed by atoms with Crippen molar-refractivity contribution >= 4 is 22.7 Å². The summed E-state index contributed by atoms with van der Waals surface area (Å²) in [6.07, 6.45) is 2.36. The van der Waals surface area contributed by atoms with Crippen molar-refractivity contribution in [2.24, 2.45) is 5.41 Å². The first-order chi connectivity index (χ1) is 18.5. The van der Waals surface area contributed by atoms with Crippen LogP contribution in [-0.2, 0) is 0 Å². The van der Waals surface area contributed by atoms with Crippen molar-refractivity contribution in [3.63, 3.8) is 0 Å². The zero-order chi connectivity index (χ0) is 26.1. The fourth-order valence-corrected chi connectivity index (χ4v) is 5.57. The number of likely N-dealkylation sites (tertiary alicyclic amines) is 1. The van der Waals surface area contributed by atoms with Gasteiger partial charge in [0.1, 0.15) is 5.69 Å². The number of fused-ring (bicyclic) bond motifs is 1. The van der Waals surface area contributed by atoms with Gasteiger partial charge in [0.25, 0.3) is 11.8 Å². The van der Waals surface area contributed by atoms with Crippen molar-refractivity contribution in [1.82, 2.24) is 25.7 Å². The van der Waals surface area contributed by atoms with Gasteiger partial charge in [0, 0.05) is 54.2 Å². The normalized spacial score (nSPS) is 16.0. The predicted molar refractivity (Wildman–Crippen MR) is 148 cm³/mol. The predicted octanol–water partition coefficient (Wildman–Crippen LogP) is 3.81. The molecule has 4 aromatic rings. The average molecular weight is 504 g/mol. The van der Waals surface area contributed by atoms with Gasteiger partial charge in [-0.25, -0.2) is 0 Å². The van der Waals surface area contributed by atoms with Gasteiger partial charge in [-0.3, -0.25) is 14.7 Å². The first-order valence-electron chi connectivity index (χ1n) is 13.0. The zero-order valence-corrected chi connectivity index (χ0v) is 21.3. The highest BCUT2D eigenvalue weighted by atomic mass is 16.2. The quantitative estimate of drug-likeness (QED) is 0.371. The van der Waals surface area contributed by atoms with Crippen LogP contribution in [0, 0.1) is 17.3 Å². The van der Waals surface area contributed by atoms with Gasteiger partial charge in [-0.2, -0.15) is 5.10 Å². The lowest BCUT2D eigenvalue weighted by molar-refractivity contribution is -0.00721. The van der Waals surface area contributed by atoms with Gasteiger partial charge < -0.3 is 15.5 Å². The van der Waals surface area contributed by atoms with E-state index >= 15 is 0 Å². The monoisotopic (exact) mass is 503 g/mol. The summed E-state index contributed by atoms with van der Waals surface area (Å²) >= 11 is 0. The van der Waals surface area contributed by atoms with Crippen LogP contribution < -0.4 is 10.6 Å². The number of hydrogen-bond acceptors (Lipinski definition) is 4. The van der Waals surface area contributed by atoms with E-state index in [2.05, 4.69) is 32.7 Å². The Morgan fingerprint density at radius 3 is 2.68 bits per heavy atom. The smallest absolute Gasteiger partial charge is 0.253 e. The molecule has 7 nitrogen and oxygen atoms in total. The van der Waals surface area contributed by atoms with Gasteiger partial charge in [-0.05, 0) is 72.8 Å². The minimum atomic E-state index is -0.132. The molecular weight excluding hydrogens is 474 g/mol. The van der Waals surface area contributed by atoms with E-state index in [0.29, 0.717) is 16.8 Å². The number of hydrogen-bond donors (Lipinski definition) is 3. The maximum Gasteiger partial charge on any atom is 0.253 e. The number of piperidine rings is 1. The summed E-state index contributed by atoms with van der Waals surface area (Å²) < 4.78 is 0. The second-order valence-corrected chi connectivity index (χ2v) is 10.2. The van der Waals surface area contributed by atoms with E-state index < -0.39 is 0 Å². The summed E-state index contributed by atoms with van der Waals surface area (Å²) in [5, 5.41) is 14.4. The van der Waals surface area contributed by atoms with Crippen molar-refractivity contribution in [2.45, 2.75) is 12.8 Å². The number of carbonyl (C=O) groups is 2. The largest absolute Gasteiger partial charge is 0.355 e. The number of aromatic amines is 1. The number of rotatable bonds is 3. The Balaban J connectivity index is 1.27. The van der Waals surface area contributed by atoms with Crippen molar-refractivity contribution in [3.05, 3.63) is 89.1 Å². The van der Waals surface area contributed by atoms with Crippen LogP contribution in [0.25, 0.3) is 22.0 Å². The standard InChI is InChI=1S/C31H29N5O2/c1-32-29(37)23-8-4-7-22(16-23)25-9-3-2-6-21(25)10-12-27-26-17-24(11-13-28(26)35-34-27)30(38)36-19-31(20-36)14-5-15-33-18-31/h2-4,6-9,11,13,16-17,33H,5,14-15,18-20H2,1H3,(H,32,37)(H,34,35). The molecule has 2 saturated heterocycles. The van der Waals surface area contributed by atoms with E-state index in [0.717, 1.165) is 53.8 Å². The molecule has 3 N–H and O–H groups in total. The Hall–Kier alpha value is -4.41. The summed E-state index contributed by atoms with van der Waals surface area (Å²) in [7, 11) is 1.62. The van der Waals surface area contributed by atoms with E-state index in [1.54, 1.807) is 13.1 Å². The Kier molecular flexibility index (Phi) is 6.18. The molecular formula is C31H29N5O2. The van der Waals surface area contributed by atoms with Gasteiger partial charge in [0.2, 0.25) is 0 Å². The Bertz CT molecular complexity index is 1600. The number of carbonyl (C=O) groups excluding carboxylic acids is 2. The van der Waals surface area contributed by atoms with Crippen LogP contribution in [0.4, 0.5) is 0 Å². The molecule has 6 rings (SSSR count). The number of nitrogens with one attached hydrogen (secondary N) is 3. The highest BCUT2D eigenvalue weighted by Gasteiger charge is 2.45. The van der Waals surface area contributed by atoms with E-state index in [1.807, 2.05) is 65.6 Å². The fraction of sp³-hybridized carbons (Fsp3) is 0.258. The number of benzene rings is 3. The fourth-order valence-electron chi connectivity index (χ4n) is 5.57. The van der Waals surface area contributed by atoms with Crippen molar-refractivity contribution < 1.29 is 9.59 Å². The van der Waals surface area contributed by atoms with E-state index in [9.17, 15) is 9.59 Å². The van der Waals surface area contributed by atoms with Crippen LogP contribution in [0.1, 0.15) is 44.8 Å². The van der Waals surface area contributed by atoms with Crippen LogP contribution in [-0.4, -0.2) is 60.1 Å². The highest BCUT2D eigenvalue weighted by molar-refractivity contribution is 5.99. The van der Waals surface area contributed by atoms with Crippen LogP contribution in [0.5, 0.6) is 0 Å². The number of aromatic nitrogens is 2. The molecule has 190 valence electrons. The summed E-state index contributed by atoms with van der Waals surface area (Å²) in [5.74, 6) is 6.40. The van der Waals surface area contributed by atoms with Crippen LogP contribution in [0.3, 0.4) is 0 Å². The topological polar surface area (TPSA) is 90.1 Å². The second-order valence-electron chi connectivity index (χ2n) is 10.2. The highest BCUT2D eigenvalue weighted by Crippen LogP contribution is 2.37. The molecule has 0 atom stereocenters. The summed E-state index contributed by atoms with van der Waals surface area (Å²) in [6.45, 7) is 3.69. The molecule has 1 aromatic heterocycles. The molecule has 0 saturated carbocycles. The number of nitrogens with zero attached hydrogens (tertiary/aromatic N) is 2. The number of H-pyrrole nitrogens is 1. The molecule has 0 unspecified atom stereocenters. The minimum Gasteiger partial charge on any atom is -0.355 e. The summed E-state index contributed by atoms with van der Waals surface area (Å²) in [5.41, 5.74) is 5.62. The average Bonchev–Trinajstić information content (AvgIpc) is 3.36. The maximum atomic E-state index is 13.2. The molecule has 1 spiro atoms. The summed E-state index contributed by atoms with van der Waals surface area (Å²) in [4.78, 5) is 27.3. The van der Waals surface area contributed by atoms with E-state index in [1.165, 1.54) is 12.8 Å². The van der Waals surface area contributed by atoms with Gasteiger partial charge >= 0.3 is 0 Å². The molecule has 0 aliphatic carbocycles. The molecule has 2 aliphatic heterocycles. The molecule has 7 heteroatoms. The molecule has 2 fully saturated rings. The second kappa shape index (κ2) is 9.81. The Labute approximate surface area is 221 Å². The van der Waals surface area contributed by atoms with Crippen LogP contribution >= 0.6 is 0 Å². The molecule has 3 heterocycles. The van der Waals surface area contributed by atoms with Gasteiger partial charge in [-0.1, -0.05) is 36.3 Å². The number of amides is 2.